The number of fused-ring (bicyclic) bond motifs is 2. The molecule has 0 saturated carbocycles. The van der Waals surface area contributed by atoms with Gasteiger partial charge in [0.25, 0.3) is 0 Å². The first kappa shape index (κ1) is 24.8. The molecule has 0 amide bonds. The average Bonchev–Trinajstić information content (AvgIpc) is 3.33. The molecule has 0 aromatic carbocycles. The number of phosphoric acid groups is 1. The largest absolute Gasteiger partial charge is 0.479 e. The Morgan fingerprint density at radius 2 is 2.15 bits per heavy atom. The number of aromatic nitrogens is 4. The highest BCUT2D eigenvalue weighted by Gasteiger charge is 2.53. The molecule has 0 bridgehead atoms. The van der Waals surface area contributed by atoms with Gasteiger partial charge < -0.3 is 25.1 Å². The third-order valence-corrected chi connectivity index (χ3v) is 6.85. The first-order chi connectivity index (χ1) is 16.1. The van der Waals surface area contributed by atoms with Gasteiger partial charge in [0, 0.05) is 0 Å². The number of carbonyl (C=O) groups is 1. The van der Waals surface area contributed by atoms with Gasteiger partial charge in [-0.2, -0.15) is 9.97 Å². The van der Waals surface area contributed by atoms with Crippen LogP contribution in [0.3, 0.4) is 0 Å². The number of hydrogen-bond acceptors (Lipinski definition) is 13. The number of nitrogen functional groups attached to an aromatic ring is 1. The summed E-state index contributed by atoms with van der Waals surface area (Å²) in [5.74, 6) is -0.703. The minimum atomic E-state index is -3.99. The zero-order valence-electron chi connectivity index (χ0n) is 19.2. The summed E-state index contributed by atoms with van der Waals surface area (Å²) in [7, 11) is -2.57. The lowest BCUT2D eigenvalue weighted by Gasteiger charge is -2.30. The summed E-state index contributed by atoms with van der Waals surface area (Å²) in [6.07, 6.45) is -2.51. The molecule has 4 rings (SSSR count). The fraction of sp³-hybridized carbons (Fsp3) is 0.684. The number of anilines is 1. The fourth-order valence-corrected chi connectivity index (χ4v) is 5.08. The number of aliphatic hydroxyl groups is 1. The first-order valence-electron chi connectivity index (χ1n) is 10.8. The van der Waals surface area contributed by atoms with Gasteiger partial charge in [-0.1, -0.05) is 6.92 Å². The van der Waals surface area contributed by atoms with Crippen LogP contribution in [0.2, 0.25) is 0 Å². The molecule has 6 atom stereocenters. The van der Waals surface area contributed by atoms with Crippen molar-refractivity contribution in [3.63, 3.8) is 0 Å². The van der Waals surface area contributed by atoms with Crippen LogP contribution in [0.25, 0.3) is 11.2 Å². The van der Waals surface area contributed by atoms with Gasteiger partial charge in [-0.05, 0) is 20.3 Å². The van der Waals surface area contributed by atoms with Gasteiger partial charge in [-0.15, -0.1) is 0 Å². The number of aliphatic hydroxyl groups excluding tert-OH is 1. The Kier molecular flexibility index (Phi) is 7.08. The van der Waals surface area contributed by atoms with Crippen LogP contribution in [-0.2, 0) is 32.4 Å². The number of nitrogens with zero attached hydrogens (tertiary/aromatic N) is 4. The Morgan fingerprint density at radius 1 is 1.38 bits per heavy atom. The number of rotatable bonds is 8. The maximum atomic E-state index is 13.0. The summed E-state index contributed by atoms with van der Waals surface area (Å²) in [6, 6.07) is 0. The van der Waals surface area contributed by atoms with E-state index in [1.165, 1.54) is 18.0 Å². The molecule has 15 heteroatoms. The summed E-state index contributed by atoms with van der Waals surface area (Å²) in [5.41, 5.74) is 6.37. The van der Waals surface area contributed by atoms with Crippen molar-refractivity contribution >= 4 is 30.9 Å². The number of esters is 1. The van der Waals surface area contributed by atoms with E-state index in [9.17, 15) is 14.5 Å². The van der Waals surface area contributed by atoms with Gasteiger partial charge in [0.2, 0.25) is 11.8 Å². The Hall–Kier alpha value is -2.35. The highest BCUT2D eigenvalue weighted by atomic mass is 31.2. The van der Waals surface area contributed by atoms with Gasteiger partial charge in [-0.25, -0.2) is 9.55 Å². The van der Waals surface area contributed by atoms with Crippen molar-refractivity contribution < 1.29 is 42.2 Å². The second kappa shape index (κ2) is 9.72. The third-order valence-electron chi connectivity index (χ3n) is 5.39. The quantitative estimate of drug-likeness (QED) is 0.389. The van der Waals surface area contributed by atoms with Crippen LogP contribution >= 0.6 is 7.82 Å². The van der Waals surface area contributed by atoms with Gasteiger partial charge in [0.15, 0.2) is 17.4 Å². The van der Waals surface area contributed by atoms with E-state index in [0.29, 0.717) is 5.52 Å². The van der Waals surface area contributed by atoms with Crippen LogP contribution in [0.1, 0.15) is 33.4 Å². The van der Waals surface area contributed by atoms with Gasteiger partial charge in [0.1, 0.15) is 18.3 Å². The number of nitrogens with two attached hydrogens (primary N) is 1. The first-order valence-corrected chi connectivity index (χ1v) is 12.2. The zero-order chi connectivity index (χ0) is 24.6. The van der Waals surface area contributed by atoms with E-state index in [1.54, 1.807) is 20.8 Å². The normalized spacial score (nSPS) is 29.8. The lowest BCUT2D eigenvalue weighted by molar-refractivity contribution is -0.152. The number of phosphoric ester groups is 1. The molecule has 0 spiro atoms. The van der Waals surface area contributed by atoms with Crippen molar-refractivity contribution in [1.29, 1.82) is 0 Å². The van der Waals surface area contributed by atoms with E-state index in [2.05, 4.69) is 15.0 Å². The molecule has 2 aromatic rings. The van der Waals surface area contributed by atoms with Crippen LogP contribution in [0, 0.1) is 5.92 Å². The van der Waals surface area contributed by atoms with E-state index in [0.717, 1.165) is 0 Å². The zero-order valence-corrected chi connectivity index (χ0v) is 20.1. The van der Waals surface area contributed by atoms with E-state index < -0.39 is 38.3 Å². The third kappa shape index (κ3) is 4.88. The van der Waals surface area contributed by atoms with Crippen molar-refractivity contribution in [2.24, 2.45) is 5.92 Å². The van der Waals surface area contributed by atoms with Crippen LogP contribution in [0.4, 0.5) is 5.95 Å². The van der Waals surface area contributed by atoms with Gasteiger partial charge in [0.05, 0.1) is 38.7 Å². The van der Waals surface area contributed by atoms with Crippen molar-refractivity contribution in [3.05, 3.63) is 6.33 Å². The fourth-order valence-electron chi connectivity index (χ4n) is 3.67. The molecule has 4 heterocycles. The van der Waals surface area contributed by atoms with Crippen molar-refractivity contribution in [1.82, 2.24) is 19.5 Å². The van der Waals surface area contributed by atoms with E-state index in [1.807, 2.05) is 0 Å². The predicted octanol–water partition coefficient (Wildman–Crippen LogP) is 1.19. The Balaban J connectivity index is 1.42. The second-order valence-electron chi connectivity index (χ2n) is 8.29. The summed E-state index contributed by atoms with van der Waals surface area (Å²) in [6.45, 7) is 5.00. The summed E-state index contributed by atoms with van der Waals surface area (Å²) >= 11 is 0. The molecule has 2 aliphatic rings. The number of methoxy groups -OCH3 is 1. The number of hydrogen-bond donors (Lipinski definition) is 2. The summed E-state index contributed by atoms with van der Waals surface area (Å²) in [5, 5.41) is 10.9. The molecule has 34 heavy (non-hydrogen) atoms. The van der Waals surface area contributed by atoms with Crippen molar-refractivity contribution in [3.8, 4) is 5.88 Å². The lowest BCUT2D eigenvalue weighted by Crippen LogP contribution is -2.39. The standard InChI is InChI=1S/C19H28N5O9P/c1-9(2)31-18(26)10(3)5-6-29-34(27)30-7-11-14(33-34)13(25)17(32-11)24-8-21-12-15(24)22-19(20)23-16(12)28-4/h8-11,13-14,17,25H,5-7H2,1-4H3,(H2,20,22,23)/t10-,11-,13+,14-,17-,34?/m1/s1. The molecule has 1 unspecified atom stereocenters. The summed E-state index contributed by atoms with van der Waals surface area (Å²) < 4.78 is 46.8. The lowest BCUT2D eigenvalue weighted by atomic mass is 10.1. The maximum Gasteiger partial charge on any atom is 0.475 e. The van der Waals surface area contributed by atoms with Crippen LogP contribution in [0.5, 0.6) is 5.88 Å². The minimum absolute atomic E-state index is 0.0417. The highest BCUT2D eigenvalue weighted by Crippen LogP contribution is 2.56. The van der Waals surface area contributed by atoms with Crippen LogP contribution in [0.15, 0.2) is 6.33 Å². The topological polar surface area (TPSA) is 179 Å². The molecule has 3 N–H and O–H groups in total. The highest BCUT2D eigenvalue weighted by molar-refractivity contribution is 7.48. The number of imidazole rings is 1. The maximum absolute atomic E-state index is 13.0. The molecular weight excluding hydrogens is 473 g/mol. The SMILES string of the molecule is COc1nc(N)nc2c1ncn2[C@@H]1O[C@@H]2COP(=O)(OCC[C@@H](C)C(=O)OC(C)C)O[C@H]2[C@@H]1O. The smallest absolute Gasteiger partial charge is 0.475 e. The molecule has 2 aromatic heterocycles. The van der Waals surface area contributed by atoms with E-state index in [-0.39, 0.29) is 49.2 Å². The predicted molar refractivity (Wildman–Crippen MR) is 116 cm³/mol. The van der Waals surface area contributed by atoms with E-state index >= 15 is 0 Å². The Morgan fingerprint density at radius 3 is 2.85 bits per heavy atom. The molecule has 2 saturated heterocycles. The molecule has 2 fully saturated rings. The molecule has 14 nitrogen and oxygen atoms in total. The molecule has 0 aliphatic carbocycles. The number of ether oxygens (including phenoxy) is 3. The molecule has 2 aliphatic heterocycles. The van der Waals surface area contributed by atoms with Crippen molar-refractivity contribution in [2.75, 3.05) is 26.1 Å². The average molecular weight is 501 g/mol. The number of carbonyl (C=O) groups excluding carboxylic acids is 1. The summed E-state index contributed by atoms with van der Waals surface area (Å²) in [4.78, 5) is 24.3. The van der Waals surface area contributed by atoms with Crippen LogP contribution in [-0.4, -0.2) is 75.3 Å². The van der Waals surface area contributed by atoms with E-state index in [4.69, 9.17) is 33.5 Å². The Labute approximate surface area is 195 Å². The molecule has 0 radical (unpaired) electrons. The molecule has 188 valence electrons. The van der Waals surface area contributed by atoms with Crippen molar-refractivity contribution in [2.45, 2.75) is 57.8 Å². The second-order valence-corrected chi connectivity index (χ2v) is 9.91. The molecular formula is C19H28N5O9P. The monoisotopic (exact) mass is 501 g/mol. The Bertz CT molecular complexity index is 1100. The van der Waals surface area contributed by atoms with Gasteiger partial charge >= 0.3 is 13.8 Å². The van der Waals surface area contributed by atoms with Gasteiger partial charge in [-0.3, -0.25) is 22.9 Å². The minimum Gasteiger partial charge on any atom is -0.479 e. The van der Waals surface area contributed by atoms with Crippen LogP contribution < -0.4 is 10.5 Å².